The quantitative estimate of drug-likeness (QED) is 0.472. The average molecular weight is 351 g/mol. The molecule has 0 aliphatic heterocycles. The third kappa shape index (κ3) is 2.73. The molecule has 0 spiro atoms. The zero-order valence-corrected chi connectivity index (χ0v) is 13.6. The van der Waals surface area contributed by atoms with Crippen molar-refractivity contribution in [3.05, 3.63) is 42.6 Å². The van der Waals surface area contributed by atoms with E-state index >= 15 is 0 Å². The number of anilines is 1. The van der Waals surface area contributed by atoms with Crippen LogP contribution in [-0.2, 0) is 9.53 Å². The molecule has 1 atom stereocenters. The summed E-state index contributed by atoms with van der Waals surface area (Å²) in [6.45, 7) is 1.47. The first-order valence-corrected chi connectivity index (χ1v) is 7.72. The van der Waals surface area contributed by atoms with Gasteiger partial charge in [0, 0.05) is 5.39 Å². The summed E-state index contributed by atoms with van der Waals surface area (Å²) in [7, 11) is 0. The van der Waals surface area contributed by atoms with Crippen molar-refractivity contribution in [1.29, 1.82) is 0 Å². The lowest BCUT2D eigenvalue weighted by atomic mass is 10.2. The molecule has 0 radical (unpaired) electrons. The molecule has 0 saturated heterocycles. The second-order valence-electron chi connectivity index (χ2n) is 5.48. The van der Waals surface area contributed by atoms with Gasteiger partial charge in [-0.3, -0.25) is 9.89 Å². The minimum absolute atomic E-state index is 0.123. The fourth-order valence-corrected chi connectivity index (χ4v) is 2.47. The van der Waals surface area contributed by atoms with E-state index < -0.39 is 18.0 Å². The largest absolute Gasteiger partial charge is 0.448 e. The van der Waals surface area contributed by atoms with E-state index in [4.69, 9.17) is 4.74 Å². The van der Waals surface area contributed by atoms with Gasteiger partial charge >= 0.3 is 5.97 Å². The number of H-pyrrole nitrogens is 2. The minimum atomic E-state index is -1.05. The van der Waals surface area contributed by atoms with Crippen LogP contribution in [0.2, 0.25) is 0 Å². The van der Waals surface area contributed by atoms with Crippen LogP contribution in [0.5, 0.6) is 0 Å². The number of esters is 1. The third-order valence-corrected chi connectivity index (χ3v) is 3.78. The number of ether oxygens (including phenoxy) is 1. The number of para-hydroxylation sites is 1. The number of carbonyl (C=O) groups excluding carboxylic acids is 2. The first-order valence-electron chi connectivity index (χ1n) is 7.72. The topological polar surface area (TPSA) is 139 Å². The van der Waals surface area contributed by atoms with Gasteiger partial charge in [-0.1, -0.05) is 18.2 Å². The average Bonchev–Trinajstić information content (AvgIpc) is 3.29. The summed E-state index contributed by atoms with van der Waals surface area (Å²) in [5, 5.41) is 9.93. The van der Waals surface area contributed by atoms with Crippen molar-refractivity contribution in [2.75, 3.05) is 5.32 Å². The van der Waals surface area contributed by atoms with Crippen molar-refractivity contribution >= 4 is 39.8 Å². The number of nitrogens with one attached hydrogen (secondary N) is 3. The smallest absolute Gasteiger partial charge is 0.360 e. The van der Waals surface area contributed by atoms with E-state index in [1.165, 1.54) is 19.6 Å². The zero-order valence-electron chi connectivity index (χ0n) is 13.6. The number of imidazole rings is 1. The lowest BCUT2D eigenvalue weighted by Crippen LogP contribution is -2.30. The molecule has 3 heterocycles. The van der Waals surface area contributed by atoms with Gasteiger partial charge in [-0.15, -0.1) is 0 Å². The predicted octanol–water partition coefficient (Wildman–Crippen LogP) is 1.41. The first-order chi connectivity index (χ1) is 12.6. The van der Waals surface area contributed by atoms with Gasteiger partial charge in [0.2, 0.25) is 0 Å². The van der Waals surface area contributed by atoms with Crippen LogP contribution in [0.3, 0.4) is 0 Å². The van der Waals surface area contributed by atoms with Crippen LogP contribution in [0.25, 0.3) is 22.1 Å². The second-order valence-corrected chi connectivity index (χ2v) is 5.48. The molecular formula is C16H13N7O3. The molecule has 10 heteroatoms. The molecule has 1 aromatic carbocycles. The van der Waals surface area contributed by atoms with Crippen LogP contribution < -0.4 is 5.32 Å². The second kappa shape index (κ2) is 6.24. The SMILES string of the molecule is CC(OC(=O)c1n[nH]c2ccccc12)C(=O)Nc1ncnc2nc[nH]c12. The third-order valence-electron chi connectivity index (χ3n) is 3.78. The molecule has 0 fully saturated rings. The number of aromatic nitrogens is 6. The molecule has 0 aliphatic carbocycles. The lowest BCUT2D eigenvalue weighted by molar-refractivity contribution is -0.123. The summed E-state index contributed by atoms with van der Waals surface area (Å²) in [5.41, 5.74) is 1.73. The van der Waals surface area contributed by atoms with Crippen molar-refractivity contribution in [1.82, 2.24) is 30.1 Å². The highest BCUT2D eigenvalue weighted by Gasteiger charge is 2.23. The maximum atomic E-state index is 12.3. The summed E-state index contributed by atoms with van der Waals surface area (Å²) in [4.78, 5) is 39.5. The number of carbonyl (C=O) groups is 2. The van der Waals surface area contributed by atoms with Gasteiger partial charge in [-0.25, -0.2) is 19.7 Å². The van der Waals surface area contributed by atoms with E-state index in [1.807, 2.05) is 6.07 Å². The number of benzene rings is 1. The normalized spacial score (nSPS) is 12.2. The maximum Gasteiger partial charge on any atom is 0.360 e. The molecule has 1 unspecified atom stereocenters. The van der Waals surface area contributed by atoms with Gasteiger partial charge in [0.05, 0.1) is 11.8 Å². The molecule has 3 aromatic heterocycles. The molecule has 26 heavy (non-hydrogen) atoms. The van der Waals surface area contributed by atoms with Crippen molar-refractivity contribution in [3.63, 3.8) is 0 Å². The molecule has 4 rings (SSSR count). The van der Waals surface area contributed by atoms with Crippen molar-refractivity contribution < 1.29 is 14.3 Å². The Morgan fingerprint density at radius 3 is 2.92 bits per heavy atom. The standard InChI is InChI=1S/C16H13N7O3/c1-8(15(24)21-14-12-13(18-6-17-12)19-7-20-14)26-16(25)11-9-4-2-3-5-10(9)22-23-11/h2-8H,1H3,(H,22,23)(H2,17,18,19,20,21,24). The highest BCUT2D eigenvalue weighted by Crippen LogP contribution is 2.18. The van der Waals surface area contributed by atoms with Crippen LogP contribution in [0, 0.1) is 0 Å². The van der Waals surface area contributed by atoms with Crippen LogP contribution in [-0.4, -0.2) is 48.1 Å². The number of rotatable bonds is 4. The first kappa shape index (κ1) is 15.7. The predicted molar refractivity (Wildman–Crippen MR) is 91.3 cm³/mol. The summed E-state index contributed by atoms with van der Waals surface area (Å²) in [6.07, 6.45) is 1.68. The molecule has 3 N–H and O–H groups in total. The molecule has 0 aliphatic rings. The van der Waals surface area contributed by atoms with Crippen molar-refractivity contribution in [2.24, 2.45) is 0 Å². The molecule has 4 aromatic rings. The number of nitrogens with zero attached hydrogens (tertiary/aromatic N) is 4. The Morgan fingerprint density at radius 1 is 1.19 bits per heavy atom. The van der Waals surface area contributed by atoms with Crippen LogP contribution in [0.15, 0.2) is 36.9 Å². The molecule has 130 valence electrons. The highest BCUT2D eigenvalue weighted by atomic mass is 16.5. The molecule has 10 nitrogen and oxygen atoms in total. The summed E-state index contributed by atoms with van der Waals surface area (Å²) >= 11 is 0. The van der Waals surface area contributed by atoms with E-state index in [1.54, 1.807) is 18.2 Å². The summed E-state index contributed by atoms with van der Waals surface area (Å²) in [6, 6.07) is 7.15. The van der Waals surface area contributed by atoms with Gasteiger partial charge in [-0.05, 0) is 13.0 Å². The Labute approximate surface area is 146 Å². The van der Waals surface area contributed by atoms with Gasteiger partial charge in [-0.2, -0.15) is 5.10 Å². The van der Waals surface area contributed by atoms with Gasteiger partial charge in [0.15, 0.2) is 23.3 Å². The molecule has 0 bridgehead atoms. The number of aromatic amines is 2. The Morgan fingerprint density at radius 2 is 2.04 bits per heavy atom. The van der Waals surface area contributed by atoms with Crippen LogP contribution in [0.4, 0.5) is 5.82 Å². The van der Waals surface area contributed by atoms with E-state index in [0.29, 0.717) is 22.1 Å². The van der Waals surface area contributed by atoms with Gasteiger partial charge in [0.1, 0.15) is 11.8 Å². The molecule has 0 saturated carbocycles. The van der Waals surface area contributed by atoms with Gasteiger partial charge in [0.25, 0.3) is 5.91 Å². The fourth-order valence-electron chi connectivity index (χ4n) is 2.47. The maximum absolute atomic E-state index is 12.3. The number of hydrogen-bond acceptors (Lipinski definition) is 7. The highest BCUT2D eigenvalue weighted by molar-refractivity contribution is 6.04. The summed E-state index contributed by atoms with van der Waals surface area (Å²) < 4.78 is 5.23. The van der Waals surface area contributed by atoms with E-state index in [0.717, 1.165) is 0 Å². The van der Waals surface area contributed by atoms with E-state index in [2.05, 4.69) is 35.5 Å². The Hall–Kier alpha value is -3.82. The monoisotopic (exact) mass is 351 g/mol. The summed E-state index contributed by atoms with van der Waals surface area (Å²) in [5.74, 6) is -0.974. The number of hydrogen-bond donors (Lipinski definition) is 3. The Balaban J connectivity index is 1.49. The minimum Gasteiger partial charge on any atom is -0.448 e. The number of fused-ring (bicyclic) bond motifs is 2. The van der Waals surface area contributed by atoms with E-state index in [9.17, 15) is 9.59 Å². The molecular weight excluding hydrogens is 338 g/mol. The van der Waals surface area contributed by atoms with Crippen molar-refractivity contribution in [2.45, 2.75) is 13.0 Å². The Kier molecular flexibility index (Phi) is 3.77. The van der Waals surface area contributed by atoms with Gasteiger partial charge < -0.3 is 15.0 Å². The Bertz CT molecular complexity index is 1120. The lowest BCUT2D eigenvalue weighted by Gasteiger charge is -2.12. The van der Waals surface area contributed by atoms with Crippen LogP contribution >= 0.6 is 0 Å². The fraction of sp³-hybridized carbons (Fsp3) is 0.125. The van der Waals surface area contributed by atoms with E-state index in [-0.39, 0.29) is 11.5 Å². The van der Waals surface area contributed by atoms with Crippen LogP contribution in [0.1, 0.15) is 17.4 Å². The van der Waals surface area contributed by atoms with Crippen molar-refractivity contribution in [3.8, 4) is 0 Å². The number of amides is 1. The molecule has 1 amide bonds. The zero-order chi connectivity index (χ0) is 18.1.